The summed E-state index contributed by atoms with van der Waals surface area (Å²) in [6.07, 6.45) is 2.70. The molecule has 3 N–H and O–H groups in total. The number of hydrogen-bond acceptors (Lipinski definition) is 3. The predicted octanol–water partition coefficient (Wildman–Crippen LogP) is 0.816. The summed E-state index contributed by atoms with van der Waals surface area (Å²) in [6.45, 7) is 5.86. The summed E-state index contributed by atoms with van der Waals surface area (Å²) in [5.41, 5.74) is 5.19. The monoisotopic (exact) mass is 200 g/mol. The zero-order valence-electron chi connectivity index (χ0n) is 9.66. The fraction of sp³-hybridized carbons (Fsp3) is 1.00. The fourth-order valence-corrected chi connectivity index (χ4v) is 2.50. The predicted molar refractivity (Wildman–Crippen MR) is 59.1 cm³/mol. The number of nitrogens with two attached hydrogens (primary N) is 1. The van der Waals surface area contributed by atoms with Crippen molar-refractivity contribution >= 4 is 0 Å². The van der Waals surface area contributed by atoms with E-state index in [0.717, 1.165) is 25.8 Å². The van der Waals surface area contributed by atoms with Crippen molar-refractivity contribution in [1.82, 2.24) is 4.90 Å². The van der Waals surface area contributed by atoms with Crippen molar-refractivity contribution in [2.45, 2.75) is 44.8 Å². The molecule has 1 aliphatic heterocycles. The van der Waals surface area contributed by atoms with Gasteiger partial charge in [0.1, 0.15) is 0 Å². The summed E-state index contributed by atoms with van der Waals surface area (Å²) in [5.74, 6) is 0.263. The van der Waals surface area contributed by atoms with E-state index in [1.54, 1.807) is 0 Å². The molecule has 1 heterocycles. The van der Waals surface area contributed by atoms with Crippen LogP contribution in [-0.2, 0) is 0 Å². The first-order valence-electron chi connectivity index (χ1n) is 5.66. The molecule has 1 aliphatic rings. The molecule has 0 radical (unpaired) electrons. The lowest BCUT2D eigenvalue weighted by atomic mass is 9.76. The van der Waals surface area contributed by atoms with Gasteiger partial charge in [0.15, 0.2) is 0 Å². The largest absolute Gasteiger partial charge is 0.389 e. The summed E-state index contributed by atoms with van der Waals surface area (Å²) in [7, 11) is 2.12. The molecule has 0 amide bonds. The Hall–Kier alpha value is -0.120. The quantitative estimate of drug-likeness (QED) is 0.709. The van der Waals surface area contributed by atoms with E-state index in [-0.39, 0.29) is 5.92 Å². The lowest BCUT2D eigenvalue weighted by Gasteiger charge is -2.45. The Morgan fingerprint density at radius 3 is 2.71 bits per heavy atom. The third-order valence-corrected chi connectivity index (χ3v) is 3.84. The minimum absolute atomic E-state index is 0.263. The number of piperidine rings is 1. The molecule has 3 atom stereocenters. The van der Waals surface area contributed by atoms with Crippen molar-refractivity contribution in [3.8, 4) is 0 Å². The Bertz CT molecular complexity index is 182. The molecular weight excluding hydrogens is 176 g/mol. The summed E-state index contributed by atoms with van der Waals surface area (Å²) >= 11 is 0. The van der Waals surface area contributed by atoms with Gasteiger partial charge in [-0.2, -0.15) is 0 Å². The number of aliphatic hydroxyl groups is 1. The summed E-state index contributed by atoms with van der Waals surface area (Å²) in [4.78, 5) is 2.30. The average molecular weight is 200 g/mol. The first kappa shape index (κ1) is 12.0. The third-order valence-electron chi connectivity index (χ3n) is 3.84. The molecule has 0 bridgehead atoms. The van der Waals surface area contributed by atoms with Crippen molar-refractivity contribution in [1.29, 1.82) is 0 Å². The number of hydrogen-bond donors (Lipinski definition) is 2. The van der Waals surface area contributed by atoms with Crippen LogP contribution in [0.4, 0.5) is 0 Å². The molecule has 0 aromatic rings. The van der Waals surface area contributed by atoms with Crippen molar-refractivity contribution in [3.05, 3.63) is 0 Å². The Morgan fingerprint density at radius 2 is 2.29 bits per heavy atom. The van der Waals surface area contributed by atoms with Crippen molar-refractivity contribution in [2.75, 3.05) is 20.1 Å². The topological polar surface area (TPSA) is 49.5 Å². The number of likely N-dealkylation sites (tertiary alicyclic amines) is 1. The van der Waals surface area contributed by atoms with Crippen LogP contribution in [0.1, 0.15) is 33.1 Å². The van der Waals surface area contributed by atoms with Crippen LogP contribution in [0, 0.1) is 5.92 Å². The molecule has 1 rings (SSSR count). The van der Waals surface area contributed by atoms with Gasteiger partial charge in [0.05, 0.1) is 5.60 Å². The molecular formula is C11H24N2O. The van der Waals surface area contributed by atoms with Crippen LogP contribution in [0.5, 0.6) is 0 Å². The van der Waals surface area contributed by atoms with Gasteiger partial charge >= 0.3 is 0 Å². The molecule has 0 aromatic heterocycles. The van der Waals surface area contributed by atoms with E-state index in [0.29, 0.717) is 12.6 Å². The molecule has 1 saturated heterocycles. The SMILES string of the molecule is CCC(CN)C1(O)CCN(C)C(C)C1. The van der Waals surface area contributed by atoms with Crippen LogP contribution in [-0.4, -0.2) is 41.8 Å². The van der Waals surface area contributed by atoms with Crippen LogP contribution in [0.25, 0.3) is 0 Å². The fourth-order valence-electron chi connectivity index (χ4n) is 2.50. The molecule has 3 nitrogen and oxygen atoms in total. The second-order valence-corrected chi connectivity index (χ2v) is 4.73. The molecule has 14 heavy (non-hydrogen) atoms. The van der Waals surface area contributed by atoms with Gasteiger partial charge in [0, 0.05) is 12.6 Å². The van der Waals surface area contributed by atoms with Gasteiger partial charge in [0.25, 0.3) is 0 Å². The maximum atomic E-state index is 10.5. The van der Waals surface area contributed by atoms with E-state index in [9.17, 15) is 5.11 Å². The summed E-state index contributed by atoms with van der Waals surface area (Å²) in [6, 6.07) is 0.467. The molecule has 1 fully saturated rings. The Morgan fingerprint density at radius 1 is 1.64 bits per heavy atom. The molecule has 3 unspecified atom stereocenters. The normalized spacial score (nSPS) is 37.1. The molecule has 0 aromatic carbocycles. The van der Waals surface area contributed by atoms with Gasteiger partial charge < -0.3 is 15.7 Å². The molecule has 3 heteroatoms. The van der Waals surface area contributed by atoms with Gasteiger partial charge in [0.2, 0.25) is 0 Å². The zero-order chi connectivity index (χ0) is 10.8. The first-order valence-corrected chi connectivity index (χ1v) is 5.66. The summed E-state index contributed by atoms with van der Waals surface area (Å²) in [5, 5.41) is 10.5. The highest BCUT2D eigenvalue weighted by Crippen LogP contribution is 2.33. The van der Waals surface area contributed by atoms with Gasteiger partial charge in [-0.25, -0.2) is 0 Å². The van der Waals surface area contributed by atoms with Crippen molar-refractivity contribution < 1.29 is 5.11 Å². The van der Waals surface area contributed by atoms with E-state index in [2.05, 4.69) is 25.8 Å². The summed E-state index contributed by atoms with van der Waals surface area (Å²) < 4.78 is 0. The van der Waals surface area contributed by atoms with E-state index in [1.165, 1.54) is 0 Å². The Labute approximate surface area is 87.3 Å². The first-order chi connectivity index (χ1) is 6.53. The second kappa shape index (κ2) is 4.60. The molecule has 0 saturated carbocycles. The standard InChI is InChI=1S/C11H24N2O/c1-4-10(8-12)11(14)5-6-13(3)9(2)7-11/h9-10,14H,4-8,12H2,1-3H3. The van der Waals surface area contributed by atoms with E-state index in [1.807, 2.05) is 0 Å². The van der Waals surface area contributed by atoms with Gasteiger partial charge in [-0.05, 0) is 45.7 Å². The Balaban J connectivity index is 2.65. The zero-order valence-corrected chi connectivity index (χ0v) is 9.66. The molecule has 0 aliphatic carbocycles. The van der Waals surface area contributed by atoms with Crippen LogP contribution in [0.2, 0.25) is 0 Å². The van der Waals surface area contributed by atoms with Gasteiger partial charge in [-0.1, -0.05) is 6.92 Å². The van der Waals surface area contributed by atoms with Crippen LogP contribution >= 0.6 is 0 Å². The van der Waals surface area contributed by atoms with Crippen LogP contribution in [0.15, 0.2) is 0 Å². The van der Waals surface area contributed by atoms with Crippen LogP contribution < -0.4 is 5.73 Å². The lowest BCUT2D eigenvalue weighted by Crippen LogP contribution is -2.53. The van der Waals surface area contributed by atoms with Crippen LogP contribution in [0.3, 0.4) is 0 Å². The van der Waals surface area contributed by atoms with E-state index >= 15 is 0 Å². The molecule has 84 valence electrons. The van der Waals surface area contributed by atoms with Crippen molar-refractivity contribution in [3.63, 3.8) is 0 Å². The highest BCUT2D eigenvalue weighted by atomic mass is 16.3. The third kappa shape index (κ3) is 2.27. The highest BCUT2D eigenvalue weighted by molar-refractivity contribution is 4.94. The maximum absolute atomic E-state index is 10.5. The number of rotatable bonds is 3. The maximum Gasteiger partial charge on any atom is 0.0714 e. The molecule has 0 spiro atoms. The second-order valence-electron chi connectivity index (χ2n) is 4.73. The smallest absolute Gasteiger partial charge is 0.0714 e. The minimum atomic E-state index is -0.518. The number of nitrogens with zero attached hydrogens (tertiary/aromatic N) is 1. The Kier molecular flexibility index (Phi) is 3.93. The average Bonchev–Trinajstić information content (AvgIpc) is 2.14. The van der Waals surface area contributed by atoms with Gasteiger partial charge in [-0.3, -0.25) is 0 Å². The highest BCUT2D eigenvalue weighted by Gasteiger charge is 2.39. The van der Waals surface area contributed by atoms with Gasteiger partial charge in [-0.15, -0.1) is 0 Å². The minimum Gasteiger partial charge on any atom is -0.389 e. The van der Waals surface area contributed by atoms with E-state index in [4.69, 9.17) is 5.73 Å². The lowest BCUT2D eigenvalue weighted by molar-refractivity contribution is -0.0775. The van der Waals surface area contributed by atoms with Crippen molar-refractivity contribution in [2.24, 2.45) is 11.7 Å². The van der Waals surface area contributed by atoms with E-state index < -0.39 is 5.60 Å².